The second-order valence-electron chi connectivity index (χ2n) is 3.60. The number of benzene rings is 1. The molecule has 0 spiro atoms. The van der Waals surface area contributed by atoms with Crippen molar-refractivity contribution in [3.8, 4) is 0 Å². The summed E-state index contributed by atoms with van der Waals surface area (Å²) in [5, 5.41) is 12.2. The molecule has 1 unspecified atom stereocenters. The zero-order valence-corrected chi connectivity index (χ0v) is 12.6. The summed E-state index contributed by atoms with van der Waals surface area (Å²) in [7, 11) is 0. The van der Waals surface area contributed by atoms with Crippen LogP contribution in [0.4, 0.5) is 0 Å². The number of rotatable bonds is 2. The zero-order chi connectivity index (χ0) is 11.7. The summed E-state index contributed by atoms with van der Waals surface area (Å²) in [4.78, 5) is 1.21. The van der Waals surface area contributed by atoms with Gasteiger partial charge >= 0.3 is 0 Å². The molecule has 0 aliphatic heterocycles. The van der Waals surface area contributed by atoms with Gasteiger partial charge in [0.15, 0.2) is 0 Å². The van der Waals surface area contributed by atoms with Crippen LogP contribution >= 0.6 is 43.2 Å². The van der Waals surface area contributed by atoms with Gasteiger partial charge in [0, 0.05) is 13.8 Å². The first-order valence-electron chi connectivity index (χ1n) is 4.75. The van der Waals surface area contributed by atoms with Crippen molar-refractivity contribution in [2.45, 2.75) is 13.0 Å². The predicted molar refractivity (Wildman–Crippen MR) is 75.0 cm³/mol. The van der Waals surface area contributed by atoms with E-state index >= 15 is 0 Å². The summed E-state index contributed by atoms with van der Waals surface area (Å²) < 4.78 is 1.92. The molecule has 1 heterocycles. The maximum atomic E-state index is 10.2. The highest BCUT2D eigenvalue weighted by Gasteiger charge is 2.12. The maximum absolute atomic E-state index is 10.2. The van der Waals surface area contributed by atoms with E-state index in [4.69, 9.17) is 0 Å². The normalized spacial score (nSPS) is 12.8. The van der Waals surface area contributed by atoms with E-state index in [0.29, 0.717) is 0 Å². The first kappa shape index (κ1) is 12.3. The molecular weight excluding hydrogens is 352 g/mol. The molecule has 0 bridgehead atoms. The Bertz CT molecular complexity index is 487. The van der Waals surface area contributed by atoms with Crippen LogP contribution in [0.25, 0.3) is 0 Å². The van der Waals surface area contributed by atoms with Gasteiger partial charge < -0.3 is 5.11 Å². The highest BCUT2D eigenvalue weighted by atomic mass is 79.9. The molecule has 1 aromatic heterocycles. The smallest absolute Gasteiger partial charge is 0.105 e. The van der Waals surface area contributed by atoms with Crippen LogP contribution in [-0.2, 0) is 0 Å². The Morgan fingerprint density at radius 3 is 2.19 bits per heavy atom. The van der Waals surface area contributed by atoms with E-state index in [1.54, 1.807) is 11.3 Å². The van der Waals surface area contributed by atoms with Crippen molar-refractivity contribution in [1.29, 1.82) is 0 Å². The molecule has 1 aromatic carbocycles. The molecule has 0 fully saturated rings. The average molecular weight is 362 g/mol. The summed E-state index contributed by atoms with van der Waals surface area (Å²) in [5.41, 5.74) is 1.84. The Morgan fingerprint density at radius 1 is 1.06 bits per heavy atom. The fraction of sp³-hybridized carbons (Fsp3) is 0.167. The van der Waals surface area contributed by atoms with Gasteiger partial charge in [0.1, 0.15) is 6.10 Å². The predicted octanol–water partition coefficient (Wildman–Crippen LogP) is 4.66. The number of halogens is 2. The number of hydrogen-bond donors (Lipinski definition) is 1. The Balaban J connectivity index is 2.37. The minimum absolute atomic E-state index is 0.557. The van der Waals surface area contributed by atoms with Crippen molar-refractivity contribution in [3.05, 3.63) is 54.6 Å². The Morgan fingerprint density at radius 2 is 1.69 bits per heavy atom. The molecule has 0 saturated heterocycles. The third-order valence-electron chi connectivity index (χ3n) is 2.27. The molecule has 0 saturated carbocycles. The topological polar surface area (TPSA) is 20.2 Å². The second-order valence-corrected chi connectivity index (χ2v) is 6.54. The van der Waals surface area contributed by atoms with Crippen LogP contribution in [0.15, 0.2) is 38.6 Å². The fourth-order valence-electron chi connectivity index (χ4n) is 1.53. The van der Waals surface area contributed by atoms with Crippen molar-refractivity contribution in [3.63, 3.8) is 0 Å². The lowest BCUT2D eigenvalue weighted by atomic mass is 10.0. The Hall–Kier alpha value is -0.160. The van der Waals surface area contributed by atoms with Crippen LogP contribution < -0.4 is 0 Å². The third-order valence-corrected chi connectivity index (χ3v) is 4.06. The third kappa shape index (κ3) is 2.74. The molecule has 16 heavy (non-hydrogen) atoms. The van der Waals surface area contributed by atoms with E-state index < -0.39 is 6.10 Å². The van der Waals surface area contributed by atoms with E-state index in [1.807, 2.05) is 36.6 Å². The van der Waals surface area contributed by atoms with Crippen molar-refractivity contribution < 1.29 is 5.11 Å². The first-order valence-corrected chi connectivity index (χ1v) is 7.22. The first-order chi connectivity index (χ1) is 7.56. The zero-order valence-electron chi connectivity index (χ0n) is 8.58. The largest absolute Gasteiger partial charge is 0.384 e. The van der Waals surface area contributed by atoms with Crippen molar-refractivity contribution in [2.75, 3.05) is 0 Å². The summed E-state index contributed by atoms with van der Waals surface area (Å²) in [5.74, 6) is 0. The fourth-order valence-corrected chi connectivity index (χ4v) is 3.58. The van der Waals surface area contributed by atoms with Gasteiger partial charge in [-0.2, -0.15) is 0 Å². The quantitative estimate of drug-likeness (QED) is 0.824. The molecule has 1 nitrogen and oxygen atoms in total. The van der Waals surface area contributed by atoms with E-state index in [1.165, 1.54) is 4.88 Å². The molecular formula is C12H10Br2OS. The van der Waals surface area contributed by atoms with Crippen LogP contribution in [0.5, 0.6) is 0 Å². The lowest BCUT2D eigenvalue weighted by Crippen LogP contribution is -1.97. The Kier molecular flexibility index (Phi) is 3.85. The molecule has 4 heteroatoms. The molecule has 84 valence electrons. The van der Waals surface area contributed by atoms with Gasteiger partial charge in [0.25, 0.3) is 0 Å². The molecule has 0 aliphatic rings. The van der Waals surface area contributed by atoms with Crippen LogP contribution in [0.1, 0.15) is 22.1 Å². The van der Waals surface area contributed by atoms with Gasteiger partial charge in [0.05, 0.1) is 0 Å². The SMILES string of the molecule is Cc1cc(C(O)c2cc(Br)cc(Br)c2)cs1. The van der Waals surface area contributed by atoms with Gasteiger partial charge in [-0.15, -0.1) is 11.3 Å². The lowest BCUT2D eigenvalue weighted by Gasteiger charge is -2.10. The standard InChI is InChI=1S/C12H10Br2OS/c1-7-2-9(6-16-7)12(15)8-3-10(13)5-11(14)4-8/h2-6,12,15H,1H3. The molecule has 0 aliphatic carbocycles. The van der Waals surface area contributed by atoms with Crippen LogP contribution in [0, 0.1) is 6.92 Å². The van der Waals surface area contributed by atoms with E-state index in [9.17, 15) is 5.11 Å². The minimum atomic E-state index is -0.557. The second kappa shape index (κ2) is 5.00. The monoisotopic (exact) mass is 360 g/mol. The number of aryl methyl sites for hydroxylation is 1. The highest BCUT2D eigenvalue weighted by molar-refractivity contribution is 9.11. The van der Waals surface area contributed by atoms with Gasteiger partial charge in [-0.3, -0.25) is 0 Å². The molecule has 1 atom stereocenters. The van der Waals surface area contributed by atoms with Crippen molar-refractivity contribution >= 4 is 43.2 Å². The summed E-state index contributed by atoms with van der Waals surface area (Å²) >= 11 is 8.49. The van der Waals surface area contributed by atoms with Gasteiger partial charge in [-0.05, 0) is 47.7 Å². The van der Waals surface area contributed by atoms with E-state index in [0.717, 1.165) is 20.1 Å². The number of thiophene rings is 1. The summed E-state index contributed by atoms with van der Waals surface area (Å²) in [6.07, 6.45) is -0.557. The number of aliphatic hydroxyl groups is 1. The van der Waals surface area contributed by atoms with Crippen LogP contribution in [-0.4, -0.2) is 5.11 Å². The van der Waals surface area contributed by atoms with E-state index in [2.05, 4.69) is 31.9 Å². The van der Waals surface area contributed by atoms with Crippen molar-refractivity contribution in [2.24, 2.45) is 0 Å². The van der Waals surface area contributed by atoms with Gasteiger partial charge in [-0.1, -0.05) is 31.9 Å². The molecule has 0 amide bonds. The Labute approximate surface area is 115 Å². The van der Waals surface area contributed by atoms with Crippen molar-refractivity contribution in [1.82, 2.24) is 0 Å². The molecule has 2 aromatic rings. The van der Waals surface area contributed by atoms with Gasteiger partial charge in [0.2, 0.25) is 0 Å². The summed E-state index contributed by atoms with van der Waals surface area (Å²) in [6.45, 7) is 2.04. The van der Waals surface area contributed by atoms with E-state index in [-0.39, 0.29) is 0 Å². The number of hydrogen-bond acceptors (Lipinski definition) is 2. The molecule has 0 radical (unpaired) electrons. The minimum Gasteiger partial charge on any atom is -0.384 e. The lowest BCUT2D eigenvalue weighted by molar-refractivity contribution is 0.220. The van der Waals surface area contributed by atoms with Crippen LogP contribution in [0.3, 0.4) is 0 Å². The molecule has 2 rings (SSSR count). The molecule has 1 N–H and O–H groups in total. The summed E-state index contributed by atoms with van der Waals surface area (Å²) in [6, 6.07) is 7.84. The van der Waals surface area contributed by atoms with Crippen LogP contribution in [0.2, 0.25) is 0 Å². The number of aliphatic hydroxyl groups excluding tert-OH is 1. The maximum Gasteiger partial charge on any atom is 0.105 e. The average Bonchev–Trinajstić information content (AvgIpc) is 2.62. The van der Waals surface area contributed by atoms with Gasteiger partial charge in [-0.25, -0.2) is 0 Å². The highest BCUT2D eigenvalue weighted by Crippen LogP contribution is 2.30.